The highest BCUT2D eigenvalue weighted by molar-refractivity contribution is 5.91. The third-order valence-electron chi connectivity index (χ3n) is 3.23. The van der Waals surface area contributed by atoms with E-state index in [1.807, 2.05) is 42.9 Å². The third kappa shape index (κ3) is 1.37. The smallest absolute Gasteiger partial charge is 0.146 e. The van der Waals surface area contributed by atoms with Gasteiger partial charge in [-0.3, -0.25) is 4.68 Å². The summed E-state index contributed by atoms with van der Waals surface area (Å²) >= 11 is 0. The second-order valence-electron chi connectivity index (χ2n) is 4.38. The molecule has 0 bridgehead atoms. The molecule has 92 valence electrons. The lowest BCUT2D eigenvalue weighted by molar-refractivity contribution is 0.481. The van der Waals surface area contributed by atoms with Gasteiger partial charge in [0, 0.05) is 25.5 Å². The van der Waals surface area contributed by atoms with Crippen molar-refractivity contribution in [2.24, 2.45) is 14.1 Å². The van der Waals surface area contributed by atoms with Crippen molar-refractivity contribution >= 4 is 16.7 Å². The average molecular weight is 242 g/mol. The lowest BCUT2D eigenvalue weighted by atomic mass is 10.2. The number of fused-ring (bicyclic) bond motifs is 1. The van der Waals surface area contributed by atoms with Crippen molar-refractivity contribution in [1.82, 2.24) is 14.3 Å². The van der Waals surface area contributed by atoms with Crippen LogP contribution >= 0.6 is 0 Å². The standard InChI is InChI=1S/C13H14N4O/c1-16-9-4-3-5-12(18)8(9)6-10(16)11-7-13(14)15-17(11)2/h3-7,18H,1-2H3,(H2,14,15). The normalized spacial score (nSPS) is 11.2. The van der Waals surface area contributed by atoms with Crippen LogP contribution in [0.3, 0.4) is 0 Å². The molecule has 2 heterocycles. The Kier molecular flexibility index (Phi) is 2.10. The van der Waals surface area contributed by atoms with E-state index in [-0.39, 0.29) is 5.75 Å². The number of hydrogen-bond donors (Lipinski definition) is 2. The summed E-state index contributed by atoms with van der Waals surface area (Å²) in [5.74, 6) is 0.770. The molecule has 1 aromatic carbocycles. The lowest BCUT2D eigenvalue weighted by Gasteiger charge is -2.04. The fraction of sp³-hybridized carbons (Fsp3) is 0.154. The van der Waals surface area contributed by atoms with Gasteiger partial charge in [0.05, 0.1) is 16.9 Å². The van der Waals surface area contributed by atoms with Gasteiger partial charge < -0.3 is 15.4 Å². The maximum atomic E-state index is 9.87. The summed E-state index contributed by atoms with van der Waals surface area (Å²) in [6.45, 7) is 0. The summed E-state index contributed by atoms with van der Waals surface area (Å²) in [6.07, 6.45) is 0. The first-order chi connectivity index (χ1) is 8.58. The van der Waals surface area contributed by atoms with Crippen LogP contribution in [-0.4, -0.2) is 19.5 Å². The number of nitrogens with zero attached hydrogens (tertiary/aromatic N) is 3. The minimum Gasteiger partial charge on any atom is -0.507 e. The molecule has 3 aromatic rings. The van der Waals surface area contributed by atoms with Gasteiger partial charge in [-0.1, -0.05) is 6.07 Å². The molecule has 0 atom stereocenters. The van der Waals surface area contributed by atoms with E-state index >= 15 is 0 Å². The van der Waals surface area contributed by atoms with E-state index in [0.29, 0.717) is 5.82 Å². The number of rotatable bonds is 1. The highest BCUT2D eigenvalue weighted by Gasteiger charge is 2.13. The first-order valence-corrected chi connectivity index (χ1v) is 5.65. The highest BCUT2D eigenvalue weighted by Crippen LogP contribution is 2.32. The molecule has 0 fully saturated rings. The molecular weight excluding hydrogens is 228 g/mol. The van der Waals surface area contributed by atoms with E-state index in [9.17, 15) is 5.11 Å². The van der Waals surface area contributed by atoms with Crippen LogP contribution in [0, 0.1) is 0 Å². The van der Waals surface area contributed by atoms with Crippen LogP contribution in [0.2, 0.25) is 0 Å². The van der Waals surface area contributed by atoms with Gasteiger partial charge in [0.25, 0.3) is 0 Å². The van der Waals surface area contributed by atoms with Crippen LogP contribution in [-0.2, 0) is 14.1 Å². The van der Waals surface area contributed by atoms with E-state index in [0.717, 1.165) is 22.3 Å². The monoisotopic (exact) mass is 242 g/mol. The molecule has 3 N–H and O–H groups in total. The molecule has 0 aliphatic carbocycles. The van der Waals surface area contributed by atoms with Crippen LogP contribution in [0.1, 0.15) is 0 Å². The van der Waals surface area contributed by atoms with Crippen LogP contribution in [0.15, 0.2) is 30.3 Å². The molecule has 5 nitrogen and oxygen atoms in total. The lowest BCUT2D eigenvalue weighted by Crippen LogP contribution is -1.98. The zero-order chi connectivity index (χ0) is 12.9. The van der Waals surface area contributed by atoms with Gasteiger partial charge in [0.1, 0.15) is 11.6 Å². The third-order valence-corrected chi connectivity index (χ3v) is 3.23. The highest BCUT2D eigenvalue weighted by atomic mass is 16.3. The summed E-state index contributed by atoms with van der Waals surface area (Å²) in [7, 11) is 3.81. The fourth-order valence-electron chi connectivity index (χ4n) is 2.32. The van der Waals surface area contributed by atoms with Crippen molar-refractivity contribution in [3.8, 4) is 17.1 Å². The van der Waals surface area contributed by atoms with Crippen molar-refractivity contribution in [2.75, 3.05) is 5.73 Å². The van der Waals surface area contributed by atoms with Gasteiger partial charge in [0.15, 0.2) is 0 Å². The Bertz CT molecular complexity index is 739. The van der Waals surface area contributed by atoms with Gasteiger partial charge in [-0.15, -0.1) is 0 Å². The Labute approximate surface area is 104 Å². The van der Waals surface area contributed by atoms with E-state index in [1.54, 1.807) is 10.7 Å². The molecule has 5 heteroatoms. The number of aryl methyl sites for hydroxylation is 2. The number of benzene rings is 1. The Morgan fingerprint density at radius 1 is 1.17 bits per heavy atom. The number of aromatic hydroxyl groups is 1. The van der Waals surface area contributed by atoms with Gasteiger partial charge in [-0.25, -0.2) is 0 Å². The van der Waals surface area contributed by atoms with E-state index in [4.69, 9.17) is 5.73 Å². The second-order valence-corrected chi connectivity index (χ2v) is 4.38. The van der Waals surface area contributed by atoms with E-state index in [1.165, 1.54) is 0 Å². The van der Waals surface area contributed by atoms with Crippen molar-refractivity contribution in [2.45, 2.75) is 0 Å². The molecule has 18 heavy (non-hydrogen) atoms. The molecule has 2 aromatic heterocycles. The molecule has 0 saturated heterocycles. The number of nitrogens with two attached hydrogens (primary N) is 1. The number of aromatic nitrogens is 3. The number of hydrogen-bond acceptors (Lipinski definition) is 3. The van der Waals surface area contributed by atoms with E-state index in [2.05, 4.69) is 5.10 Å². The molecule has 0 saturated carbocycles. The molecule has 0 aliphatic heterocycles. The molecule has 3 rings (SSSR count). The van der Waals surface area contributed by atoms with Crippen molar-refractivity contribution in [3.05, 3.63) is 30.3 Å². The summed E-state index contributed by atoms with van der Waals surface area (Å²) in [5, 5.41) is 14.8. The Balaban J connectivity index is 2.34. The van der Waals surface area contributed by atoms with Gasteiger partial charge in [-0.2, -0.15) is 5.10 Å². The second kappa shape index (κ2) is 3.53. The minimum atomic E-state index is 0.282. The number of anilines is 1. The maximum absolute atomic E-state index is 9.87. The number of phenols is 1. The number of nitrogen functional groups attached to an aromatic ring is 1. The molecule has 0 aliphatic rings. The fourth-order valence-corrected chi connectivity index (χ4v) is 2.32. The topological polar surface area (TPSA) is 69.0 Å². The predicted molar refractivity (Wildman–Crippen MR) is 71.2 cm³/mol. The average Bonchev–Trinajstić information content (AvgIpc) is 2.81. The van der Waals surface area contributed by atoms with Crippen LogP contribution in [0.25, 0.3) is 22.3 Å². The summed E-state index contributed by atoms with van der Waals surface area (Å²) in [6, 6.07) is 9.26. The van der Waals surface area contributed by atoms with Gasteiger partial charge in [0.2, 0.25) is 0 Å². The molecular formula is C13H14N4O. The van der Waals surface area contributed by atoms with Gasteiger partial charge >= 0.3 is 0 Å². The summed E-state index contributed by atoms with van der Waals surface area (Å²) in [5.41, 5.74) is 8.57. The van der Waals surface area contributed by atoms with Crippen LogP contribution < -0.4 is 5.73 Å². The summed E-state index contributed by atoms with van der Waals surface area (Å²) in [4.78, 5) is 0. The molecule has 0 radical (unpaired) electrons. The van der Waals surface area contributed by atoms with E-state index < -0.39 is 0 Å². The zero-order valence-corrected chi connectivity index (χ0v) is 10.3. The number of phenolic OH excluding ortho intramolecular Hbond substituents is 1. The first-order valence-electron chi connectivity index (χ1n) is 5.65. The van der Waals surface area contributed by atoms with Gasteiger partial charge in [-0.05, 0) is 18.2 Å². The Hall–Kier alpha value is -2.43. The Morgan fingerprint density at radius 3 is 2.56 bits per heavy atom. The zero-order valence-electron chi connectivity index (χ0n) is 10.3. The SMILES string of the molecule is Cn1nc(N)cc1-c1cc2c(O)cccc2n1C. The molecule has 0 unspecified atom stereocenters. The Morgan fingerprint density at radius 2 is 1.94 bits per heavy atom. The minimum absolute atomic E-state index is 0.282. The van der Waals surface area contributed by atoms with Crippen molar-refractivity contribution in [3.63, 3.8) is 0 Å². The summed E-state index contributed by atoms with van der Waals surface area (Å²) < 4.78 is 3.76. The van der Waals surface area contributed by atoms with Crippen LogP contribution in [0.5, 0.6) is 5.75 Å². The first kappa shape index (κ1) is 10.7. The maximum Gasteiger partial charge on any atom is 0.146 e. The molecule has 0 spiro atoms. The molecule has 0 amide bonds. The van der Waals surface area contributed by atoms with Crippen molar-refractivity contribution < 1.29 is 5.11 Å². The van der Waals surface area contributed by atoms with Crippen molar-refractivity contribution in [1.29, 1.82) is 0 Å². The largest absolute Gasteiger partial charge is 0.507 e. The van der Waals surface area contributed by atoms with Crippen LogP contribution in [0.4, 0.5) is 5.82 Å². The quantitative estimate of drug-likeness (QED) is 0.684. The predicted octanol–water partition coefficient (Wildman–Crippen LogP) is 1.87.